The van der Waals surface area contributed by atoms with Gasteiger partial charge in [-0.3, -0.25) is 4.79 Å². The minimum Gasteiger partial charge on any atom is -0.351 e. The van der Waals surface area contributed by atoms with Gasteiger partial charge in [-0.2, -0.15) is 0 Å². The van der Waals surface area contributed by atoms with E-state index in [4.69, 9.17) is 0 Å². The summed E-state index contributed by atoms with van der Waals surface area (Å²) in [6.45, 7) is 2.76. The molecular weight excluding hydrogens is 358 g/mol. The molecule has 1 amide bonds. The Morgan fingerprint density at radius 1 is 1.44 bits per heavy atom. The van der Waals surface area contributed by atoms with Crippen LogP contribution in [0.15, 0.2) is 22.7 Å². The molecule has 1 aromatic rings. The molecule has 0 aromatic heterocycles. The summed E-state index contributed by atoms with van der Waals surface area (Å²) in [7, 11) is 0. The Balaban J connectivity index is 1.98. The van der Waals surface area contributed by atoms with Crippen molar-refractivity contribution in [1.29, 1.82) is 0 Å². The molecule has 1 N–H and O–H groups in total. The standard InChI is InChI=1S/C14H17Br2NO/c1-10-11(3-2-4-12(10)16)13(18)17-9-14(5-6-14)7-8-15/h2-4H,5-9H2,1H3,(H,17,18). The summed E-state index contributed by atoms with van der Waals surface area (Å²) >= 11 is 6.94. The van der Waals surface area contributed by atoms with Crippen LogP contribution in [0.2, 0.25) is 0 Å². The van der Waals surface area contributed by atoms with E-state index in [1.165, 1.54) is 12.8 Å². The van der Waals surface area contributed by atoms with Crippen LogP contribution in [-0.2, 0) is 0 Å². The maximum atomic E-state index is 12.2. The molecule has 18 heavy (non-hydrogen) atoms. The molecular formula is C14H17Br2NO. The summed E-state index contributed by atoms with van der Waals surface area (Å²) in [6, 6.07) is 5.73. The first-order valence-corrected chi connectivity index (χ1v) is 8.09. The number of carbonyl (C=O) groups excluding carboxylic acids is 1. The van der Waals surface area contributed by atoms with Crippen molar-refractivity contribution >= 4 is 37.8 Å². The van der Waals surface area contributed by atoms with Gasteiger partial charge in [0.15, 0.2) is 0 Å². The number of hydrogen-bond acceptors (Lipinski definition) is 1. The van der Waals surface area contributed by atoms with Gasteiger partial charge in [0.25, 0.3) is 5.91 Å². The summed E-state index contributed by atoms with van der Waals surface area (Å²) in [5, 5.41) is 4.09. The second-order valence-electron chi connectivity index (χ2n) is 5.03. The summed E-state index contributed by atoms with van der Waals surface area (Å²) in [5.74, 6) is 0.0367. The van der Waals surface area contributed by atoms with Crippen molar-refractivity contribution in [3.63, 3.8) is 0 Å². The third kappa shape index (κ3) is 3.15. The van der Waals surface area contributed by atoms with E-state index < -0.39 is 0 Å². The number of halogens is 2. The second-order valence-corrected chi connectivity index (χ2v) is 6.68. The zero-order valence-corrected chi connectivity index (χ0v) is 13.6. The first kappa shape index (κ1) is 14.1. The molecule has 0 heterocycles. The van der Waals surface area contributed by atoms with Crippen molar-refractivity contribution in [1.82, 2.24) is 5.32 Å². The van der Waals surface area contributed by atoms with Gasteiger partial charge in [-0.15, -0.1) is 0 Å². The first-order valence-electron chi connectivity index (χ1n) is 6.17. The molecule has 98 valence electrons. The second kappa shape index (κ2) is 5.74. The van der Waals surface area contributed by atoms with Crippen LogP contribution < -0.4 is 5.32 Å². The third-order valence-electron chi connectivity index (χ3n) is 3.72. The van der Waals surface area contributed by atoms with Crippen LogP contribution in [-0.4, -0.2) is 17.8 Å². The first-order chi connectivity index (χ1) is 8.58. The maximum absolute atomic E-state index is 12.2. The van der Waals surface area contributed by atoms with Gasteiger partial charge in [-0.25, -0.2) is 0 Å². The van der Waals surface area contributed by atoms with E-state index in [0.29, 0.717) is 5.41 Å². The Morgan fingerprint density at radius 2 is 2.17 bits per heavy atom. The molecule has 0 saturated heterocycles. The molecule has 2 rings (SSSR count). The van der Waals surface area contributed by atoms with Gasteiger partial charge in [0.2, 0.25) is 0 Å². The number of rotatable bonds is 5. The summed E-state index contributed by atoms with van der Waals surface area (Å²) in [4.78, 5) is 12.2. The lowest BCUT2D eigenvalue weighted by molar-refractivity contribution is 0.0944. The summed E-state index contributed by atoms with van der Waals surface area (Å²) < 4.78 is 0.983. The maximum Gasteiger partial charge on any atom is 0.251 e. The van der Waals surface area contributed by atoms with Crippen LogP contribution in [0.1, 0.15) is 35.2 Å². The smallest absolute Gasteiger partial charge is 0.251 e. The zero-order valence-electron chi connectivity index (χ0n) is 10.4. The quantitative estimate of drug-likeness (QED) is 0.774. The SMILES string of the molecule is Cc1c(Br)cccc1C(=O)NCC1(CCBr)CC1. The fourth-order valence-corrected chi connectivity index (χ4v) is 3.32. The molecule has 0 unspecified atom stereocenters. The molecule has 0 atom stereocenters. The Kier molecular flexibility index (Phi) is 4.49. The molecule has 0 radical (unpaired) electrons. The highest BCUT2D eigenvalue weighted by molar-refractivity contribution is 9.10. The lowest BCUT2D eigenvalue weighted by atomic mass is 10.0. The number of amides is 1. The van der Waals surface area contributed by atoms with Crippen LogP contribution in [0.4, 0.5) is 0 Å². The molecule has 0 aliphatic heterocycles. The highest BCUT2D eigenvalue weighted by atomic mass is 79.9. The van der Waals surface area contributed by atoms with Gasteiger partial charge in [0.1, 0.15) is 0 Å². The molecule has 1 fully saturated rings. The van der Waals surface area contributed by atoms with E-state index in [2.05, 4.69) is 37.2 Å². The van der Waals surface area contributed by atoms with Crippen LogP contribution in [0.25, 0.3) is 0 Å². The zero-order chi connectivity index (χ0) is 13.2. The van der Waals surface area contributed by atoms with Gasteiger partial charge in [-0.1, -0.05) is 37.9 Å². The highest BCUT2D eigenvalue weighted by Crippen LogP contribution is 2.48. The van der Waals surface area contributed by atoms with Gasteiger partial charge in [0.05, 0.1) is 0 Å². The lowest BCUT2D eigenvalue weighted by Gasteiger charge is -2.15. The largest absolute Gasteiger partial charge is 0.351 e. The third-order valence-corrected chi connectivity index (χ3v) is 4.97. The molecule has 4 heteroatoms. The van der Waals surface area contributed by atoms with Crippen LogP contribution in [0.3, 0.4) is 0 Å². The minimum absolute atomic E-state index is 0.0367. The molecule has 0 spiro atoms. The monoisotopic (exact) mass is 373 g/mol. The molecule has 1 saturated carbocycles. The van der Waals surface area contributed by atoms with Crippen LogP contribution >= 0.6 is 31.9 Å². The molecule has 0 bridgehead atoms. The van der Waals surface area contributed by atoms with Crippen molar-refractivity contribution < 1.29 is 4.79 Å². The minimum atomic E-state index is 0.0367. The van der Waals surface area contributed by atoms with Crippen molar-refractivity contribution in [3.05, 3.63) is 33.8 Å². The summed E-state index contributed by atoms with van der Waals surface area (Å²) in [5.41, 5.74) is 2.12. The molecule has 2 nitrogen and oxygen atoms in total. The number of carbonyl (C=O) groups is 1. The van der Waals surface area contributed by atoms with E-state index >= 15 is 0 Å². The van der Waals surface area contributed by atoms with Crippen molar-refractivity contribution in [2.75, 3.05) is 11.9 Å². The number of benzene rings is 1. The average Bonchev–Trinajstić information content (AvgIpc) is 3.11. The van der Waals surface area contributed by atoms with Crippen LogP contribution in [0, 0.1) is 12.3 Å². The fraction of sp³-hybridized carbons (Fsp3) is 0.500. The highest BCUT2D eigenvalue weighted by Gasteiger charge is 2.41. The van der Waals surface area contributed by atoms with Crippen molar-refractivity contribution in [3.8, 4) is 0 Å². The molecule has 1 aliphatic carbocycles. The van der Waals surface area contributed by atoms with Gasteiger partial charge < -0.3 is 5.32 Å². The number of nitrogens with one attached hydrogen (secondary N) is 1. The average molecular weight is 375 g/mol. The predicted octanol–water partition coefficient (Wildman–Crippen LogP) is 4.05. The molecule has 1 aromatic carbocycles. The fourth-order valence-electron chi connectivity index (χ4n) is 2.11. The van der Waals surface area contributed by atoms with E-state index in [0.717, 1.165) is 33.9 Å². The lowest BCUT2D eigenvalue weighted by Crippen LogP contribution is -2.30. The van der Waals surface area contributed by atoms with Gasteiger partial charge in [-0.05, 0) is 49.3 Å². The Bertz CT molecular complexity index is 455. The van der Waals surface area contributed by atoms with E-state index in [-0.39, 0.29) is 5.91 Å². The van der Waals surface area contributed by atoms with Gasteiger partial charge >= 0.3 is 0 Å². The molecule has 1 aliphatic rings. The van der Waals surface area contributed by atoms with E-state index in [1.807, 2.05) is 25.1 Å². The number of alkyl halides is 1. The predicted molar refractivity (Wildman–Crippen MR) is 81.3 cm³/mol. The normalized spacial score (nSPS) is 16.4. The van der Waals surface area contributed by atoms with Crippen LogP contribution in [0.5, 0.6) is 0 Å². The van der Waals surface area contributed by atoms with Crippen molar-refractivity contribution in [2.24, 2.45) is 5.41 Å². The van der Waals surface area contributed by atoms with E-state index in [1.54, 1.807) is 0 Å². The van der Waals surface area contributed by atoms with Crippen molar-refractivity contribution in [2.45, 2.75) is 26.2 Å². The topological polar surface area (TPSA) is 29.1 Å². The van der Waals surface area contributed by atoms with Gasteiger partial charge in [0, 0.05) is 21.9 Å². The summed E-state index contributed by atoms with van der Waals surface area (Å²) in [6.07, 6.45) is 3.61. The number of hydrogen-bond donors (Lipinski definition) is 1. The van der Waals surface area contributed by atoms with E-state index in [9.17, 15) is 4.79 Å². The Labute approximate surface area is 125 Å². The Hall–Kier alpha value is -0.350. The Morgan fingerprint density at radius 3 is 2.78 bits per heavy atom.